The molecule has 12 heteroatoms. The van der Waals surface area contributed by atoms with Gasteiger partial charge in [-0.1, -0.05) is 18.2 Å². The second kappa shape index (κ2) is 7.32. The van der Waals surface area contributed by atoms with E-state index in [0.29, 0.717) is 6.07 Å². The van der Waals surface area contributed by atoms with Gasteiger partial charge in [0, 0.05) is 12.1 Å². The predicted molar refractivity (Wildman–Crippen MR) is 85.1 cm³/mol. The van der Waals surface area contributed by atoms with Crippen LogP contribution < -0.4 is 10.1 Å². The van der Waals surface area contributed by atoms with E-state index in [1.165, 1.54) is 24.3 Å². The average Bonchev–Trinajstić information content (AvgIpc) is 2.51. The first-order valence-electron chi connectivity index (χ1n) is 6.88. The van der Waals surface area contributed by atoms with Gasteiger partial charge in [-0.2, -0.15) is 13.2 Å². The van der Waals surface area contributed by atoms with E-state index in [-0.39, 0.29) is 11.8 Å². The molecule has 0 aliphatic rings. The van der Waals surface area contributed by atoms with Crippen molar-refractivity contribution >= 4 is 19.0 Å². The number of hydrogen-bond acceptors (Lipinski definition) is 5. The van der Waals surface area contributed by atoms with Gasteiger partial charge in [0.2, 0.25) is 0 Å². The second-order valence-electron chi connectivity index (χ2n) is 5.04. The van der Waals surface area contributed by atoms with Crippen molar-refractivity contribution in [1.82, 2.24) is 0 Å². The molecular weight excluding hydrogens is 380 g/mol. The number of hydrogen-bond donors (Lipinski definition) is 3. The third-order valence-electron chi connectivity index (χ3n) is 3.05. The minimum Gasteiger partial charge on any atom is -0.457 e. The van der Waals surface area contributed by atoms with E-state index in [1.807, 2.05) is 0 Å². The van der Waals surface area contributed by atoms with Crippen LogP contribution in [0.5, 0.6) is 11.5 Å². The molecule has 0 saturated heterocycles. The normalized spacial score (nSPS) is 11.9. The van der Waals surface area contributed by atoms with Gasteiger partial charge in [-0.15, -0.1) is 0 Å². The molecule has 0 heterocycles. The molecule has 0 atom stereocenters. The zero-order chi connectivity index (χ0) is 19.5. The maximum atomic E-state index is 13.3. The Balaban J connectivity index is 2.55. The number of anilines is 1. The summed E-state index contributed by atoms with van der Waals surface area (Å²) in [5, 5.41) is 13.1. The topological polar surface area (TPSA) is 122 Å². The molecule has 0 fully saturated rings. The van der Waals surface area contributed by atoms with Crippen LogP contribution >= 0.6 is 7.60 Å². The fourth-order valence-corrected chi connectivity index (χ4v) is 2.35. The maximum absolute atomic E-state index is 13.3. The summed E-state index contributed by atoms with van der Waals surface area (Å²) in [5.74, 6) is -0.699. The van der Waals surface area contributed by atoms with Crippen LogP contribution in [0.25, 0.3) is 0 Å². The summed E-state index contributed by atoms with van der Waals surface area (Å²) in [6.07, 6.45) is -5.94. The number of benzene rings is 2. The third kappa shape index (κ3) is 5.19. The number of nitro benzene ring substituents is 1. The van der Waals surface area contributed by atoms with Crippen molar-refractivity contribution < 1.29 is 37.2 Å². The SMILES string of the molecule is O=[N+]([O-])c1cc(C(F)(F)F)c(Oc2ccccc2)cc1NCP(=O)(O)O. The minimum absolute atomic E-state index is 0.0489. The molecule has 0 amide bonds. The molecular formula is C14H12F3N2O6P. The van der Waals surface area contributed by atoms with Crippen LogP contribution in [0.1, 0.15) is 5.56 Å². The van der Waals surface area contributed by atoms with Crippen molar-refractivity contribution in [2.45, 2.75) is 6.18 Å². The van der Waals surface area contributed by atoms with Crippen LogP contribution in [0.2, 0.25) is 0 Å². The van der Waals surface area contributed by atoms with Gasteiger partial charge in [-0.05, 0) is 12.1 Å². The Kier molecular flexibility index (Phi) is 5.55. The number of nitrogens with zero attached hydrogens (tertiary/aromatic N) is 1. The number of alkyl halides is 3. The first-order valence-corrected chi connectivity index (χ1v) is 8.68. The quantitative estimate of drug-likeness (QED) is 0.386. The van der Waals surface area contributed by atoms with Crippen LogP contribution in [0, 0.1) is 10.1 Å². The molecule has 26 heavy (non-hydrogen) atoms. The lowest BCUT2D eigenvalue weighted by Gasteiger charge is -2.16. The number of rotatable bonds is 6. The second-order valence-corrected chi connectivity index (χ2v) is 6.68. The van der Waals surface area contributed by atoms with Crippen molar-refractivity contribution in [2.24, 2.45) is 0 Å². The van der Waals surface area contributed by atoms with Crippen molar-refractivity contribution in [3.8, 4) is 11.5 Å². The summed E-state index contributed by atoms with van der Waals surface area (Å²) in [4.78, 5) is 27.7. The first kappa shape index (κ1) is 19.7. The van der Waals surface area contributed by atoms with E-state index in [2.05, 4.69) is 5.32 Å². The molecule has 2 aromatic rings. The van der Waals surface area contributed by atoms with Gasteiger partial charge in [0.15, 0.2) is 0 Å². The third-order valence-corrected chi connectivity index (χ3v) is 3.62. The fourth-order valence-electron chi connectivity index (χ4n) is 1.97. The number of ether oxygens (including phenoxy) is 1. The van der Waals surface area contributed by atoms with Crippen LogP contribution in [0.4, 0.5) is 24.5 Å². The van der Waals surface area contributed by atoms with Crippen LogP contribution in [0.15, 0.2) is 42.5 Å². The standard InChI is InChI=1S/C14H12F3N2O6P/c15-14(16,17)10-6-12(19(20)21)11(18-8-26(22,23)24)7-13(10)25-9-4-2-1-3-5-9/h1-7,18H,8H2,(H2,22,23,24). The van der Waals surface area contributed by atoms with Gasteiger partial charge in [-0.3, -0.25) is 14.7 Å². The zero-order valence-corrected chi connectivity index (χ0v) is 13.7. The summed E-state index contributed by atoms with van der Waals surface area (Å²) < 4.78 is 55.9. The van der Waals surface area contributed by atoms with Crippen LogP contribution in [0.3, 0.4) is 0 Å². The number of nitrogens with one attached hydrogen (secondary N) is 1. The highest BCUT2D eigenvalue weighted by Crippen LogP contribution is 2.44. The highest BCUT2D eigenvalue weighted by molar-refractivity contribution is 7.51. The van der Waals surface area contributed by atoms with Crippen molar-refractivity contribution in [3.05, 3.63) is 58.1 Å². The van der Waals surface area contributed by atoms with Crippen molar-refractivity contribution in [1.29, 1.82) is 0 Å². The molecule has 3 N–H and O–H groups in total. The van der Waals surface area contributed by atoms with E-state index < -0.39 is 47.7 Å². The van der Waals surface area contributed by atoms with Crippen molar-refractivity contribution in [3.63, 3.8) is 0 Å². The Labute approximate surface area is 144 Å². The van der Waals surface area contributed by atoms with Gasteiger partial charge in [-0.25, -0.2) is 0 Å². The van der Waals surface area contributed by atoms with E-state index in [0.717, 1.165) is 0 Å². The van der Waals surface area contributed by atoms with E-state index in [1.54, 1.807) is 6.07 Å². The Morgan fingerprint density at radius 1 is 1.19 bits per heavy atom. The molecule has 0 unspecified atom stereocenters. The summed E-state index contributed by atoms with van der Waals surface area (Å²) in [5.41, 5.74) is -2.90. The summed E-state index contributed by atoms with van der Waals surface area (Å²) >= 11 is 0. The monoisotopic (exact) mass is 392 g/mol. The van der Waals surface area contributed by atoms with Gasteiger partial charge < -0.3 is 19.8 Å². The largest absolute Gasteiger partial charge is 0.457 e. The molecule has 140 valence electrons. The molecule has 0 spiro atoms. The highest BCUT2D eigenvalue weighted by Gasteiger charge is 2.38. The van der Waals surface area contributed by atoms with E-state index >= 15 is 0 Å². The average molecular weight is 392 g/mol. The van der Waals surface area contributed by atoms with E-state index in [9.17, 15) is 27.9 Å². The lowest BCUT2D eigenvalue weighted by Crippen LogP contribution is -2.11. The molecule has 0 aromatic heterocycles. The Bertz CT molecular complexity index is 854. The molecule has 8 nitrogen and oxygen atoms in total. The van der Waals surface area contributed by atoms with Crippen LogP contribution in [-0.4, -0.2) is 21.0 Å². The predicted octanol–water partition coefficient (Wildman–Crippen LogP) is 3.95. The molecule has 0 aliphatic heterocycles. The Morgan fingerprint density at radius 2 is 1.81 bits per heavy atom. The molecule has 0 radical (unpaired) electrons. The first-order chi connectivity index (χ1) is 12.0. The molecule has 2 aromatic carbocycles. The van der Waals surface area contributed by atoms with Crippen LogP contribution in [-0.2, 0) is 10.7 Å². The summed E-state index contributed by atoms with van der Waals surface area (Å²) in [6, 6.07) is 8.33. The number of halogens is 3. The fraction of sp³-hybridized carbons (Fsp3) is 0.143. The van der Waals surface area contributed by atoms with E-state index in [4.69, 9.17) is 14.5 Å². The lowest BCUT2D eigenvalue weighted by molar-refractivity contribution is -0.384. The summed E-state index contributed by atoms with van der Waals surface area (Å²) in [7, 11) is -4.60. The van der Waals surface area contributed by atoms with Gasteiger partial charge in [0.1, 0.15) is 29.0 Å². The van der Waals surface area contributed by atoms with Gasteiger partial charge in [0.05, 0.1) is 4.92 Å². The van der Waals surface area contributed by atoms with Crippen molar-refractivity contribution in [2.75, 3.05) is 11.6 Å². The zero-order valence-electron chi connectivity index (χ0n) is 12.8. The smallest absolute Gasteiger partial charge is 0.420 e. The molecule has 0 saturated carbocycles. The minimum atomic E-state index is -4.95. The maximum Gasteiger partial charge on any atom is 0.420 e. The Hall–Kier alpha value is -2.62. The lowest BCUT2D eigenvalue weighted by atomic mass is 10.1. The Morgan fingerprint density at radius 3 is 2.31 bits per heavy atom. The molecule has 0 bridgehead atoms. The van der Waals surface area contributed by atoms with Gasteiger partial charge >= 0.3 is 13.8 Å². The summed E-state index contributed by atoms with van der Waals surface area (Å²) in [6.45, 7) is 0. The number of nitro groups is 1. The highest BCUT2D eigenvalue weighted by atomic mass is 31.2. The molecule has 0 aliphatic carbocycles. The molecule has 2 rings (SSSR count). The van der Waals surface area contributed by atoms with Gasteiger partial charge in [0.25, 0.3) is 5.69 Å². The number of para-hydroxylation sites is 1.